The van der Waals surface area contributed by atoms with Crippen molar-refractivity contribution in [3.8, 4) is 11.5 Å². The molecule has 0 spiro atoms. The van der Waals surface area contributed by atoms with Gasteiger partial charge in [0.05, 0.1) is 30.1 Å². The second-order valence-electron chi connectivity index (χ2n) is 10.3. The van der Waals surface area contributed by atoms with Gasteiger partial charge in [-0.15, -0.1) is 0 Å². The molecular weight excluding hydrogens is 510 g/mol. The number of unbranched alkanes of at least 4 members (excludes halogenated alkanes) is 1. The molecule has 4 N–H and O–H groups in total. The Morgan fingerprint density at radius 3 is 2.51 bits per heavy atom. The van der Waals surface area contributed by atoms with Crippen molar-refractivity contribution in [1.29, 1.82) is 0 Å². The molecule has 3 aromatic rings. The van der Waals surface area contributed by atoms with Gasteiger partial charge in [-0.1, -0.05) is 43.2 Å². The van der Waals surface area contributed by atoms with Crippen molar-refractivity contribution in [3.05, 3.63) is 89.0 Å². The van der Waals surface area contributed by atoms with E-state index in [0.29, 0.717) is 29.5 Å². The average molecular weight is 552 g/mol. The Labute approximate surface area is 234 Å². The fraction of sp³-hybridized carbons (Fsp3) is 0.438. The summed E-state index contributed by atoms with van der Waals surface area (Å²) in [6.45, 7) is 1.51. The van der Waals surface area contributed by atoms with Crippen molar-refractivity contribution in [2.75, 3.05) is 19.7 Å². The van der Waals surface area contributed by atoms with Crippen LogP contribution in [0.3, 0.4) is 0 Å². The maximum atomic E-state index is 12.8. The molecule has 7 heteroatoms. The van der Waals surface area contributed by atoms with Crippen LogP contribution < -0.4 is 10.1 Å². The number of hydrogen-bond acceptors (Lipinski definition) is 6. The van der Waals surface area contributed by atoms with E-state index in [4.69, 9.17) is 4.74 Å². The number of rotatable bonds is 15. The first-order valence-corrected chi connectivity index (χ1v) is 15.3. The summed E-state index contributed by atoms with van der Waals surface area (Å²) in [4.78, 5) is 0.982. The Balaban J connectivity index is 1.10. The third-order valence-corrected chi connectivity index (χ3v) is 9.17. The molecule has 1 aliphatic carbocycles. The Hall–Kier alpha value is -2.71. The van der Waals surface area contributed by atoms with Gasteiger partial charge in [0.2, 0.25) is 0 Å². The van der Waals surface area contributed by atoms with Crippen LogP contribution in [0.25, 0.3) is 0 Å². The van der Waals surface area contributed by atoms with Gasteiger partial charge in [-0.05, 0) is 98.2 Å². The van der Waals surface area contributed by atoms with E-state index in [-0.39, 0.29) is 12.4 Å². The molecule has 2 unspecified atom stereocenters. The number of hydrogen-bond donors (Lipinski definition) is 4. The minimum Gasteiger partial charge on any atom is -0.508 e. The SMILES string of the molecule is O=S(c1cccc(CCCCOc2ccc(CCNCC(O)c3ccc(O)c(CO)c3)cc2)c1)C1CCCC1. The molecule has 4 rings (SSSR count). The van der Waals surface area contributed by atoms with Gasteiger partial charge < -0.3 is 25.4 Å². The van der Waals surface area contributed by atoms with Crippen LogP contribution in [-0.2, 0) is 30.2 Å². The smallest absolute Gasteiger partial charge is 0.121 e. The van der Waals surface area contributed by atoms with Crippen LogP contribution in [0.5, 0.6) is 11.5 Å². The predicted octanol–water partition coefficient (Wildman–Crippen LogP) is 5.20. The molecule has 6 nitrogen and oxygen atoms in total. The van der Waals surface area contributed by atoms with E-state index in [1.54, 1.807) is 12.1 Å². The average Bonchev–Trinajstić information content (AvgIpc) is 3.51. The number of nitrogens with one attached hydrogen (secondary N) is 1. The maximum Gasteiger partial charge on any atom is 0.121 e. The number of aryl methyl sites for hydroxylation is 1. The van der Waals surface area contributed by atoms with Crippen LogP contribution in [0.4, 0.5) is 0 Å². The van der Waals surface area contributed by atoms with E-state index >= 15 is 0 Å². The zero-order chi connectivity index (χ0) is 27.5. The van der Waals surface area contributed by atoms with Crippen molar-refractivity contribution in [2.45, 2.75) is 74.2 Å². The molecule has 3 aromatic carbocycles. The quantitative estimate of drug-likeness (QED) is 0.194. The summed E-state index contributed by atoms with van der Waals surface area (Å²) in [6, 6.07) is 21.2. The zero-order valence-corrected chi connectivity index (χ0v) is 23.4. The molecular formula is C32H41NO5S. The first-order chi connectivity index (χ1) is 19.0. The maximum absolute atomic E-state index is 12.8. The monoisotopic (exact) mass is 551 g/mol. The van der Waals surface area contributed by atoms with Gasteiger partial charge in [-0.2, -0.15) is 0 Å². The van der Waals surface area contributed by atoms with Gasteiger partial charge in [0.15, 0.2) is 0 Å². The standard InChI is InChI=1S/C32H41NO5S/c34-23-27-21-26(13-16-31(27)35)32(36)22-33-18-17-24-11-14-28(15-12-24)38-19-4-3-6-25-7-5-10-30(20-25)39(37)29-8-1-2-9-29/h5,7,10-16,20-21,29,32-36H,1-4,6,8-9,17-19,22-23H2. The van der Waals surface area contributed by atoms with Gasteiger partial charge in [0, 0.05) is 22.3 Å². The van der Waals surface area contributed by atoms with Gasteiger partial charge in [-0.3, -0.25) is 4.21 Å². The molecule has 0 aromatic heterocycles. The first kappa shape index (κ1) is 29.3. The molecule has 0 heterocycles. The van der Waals surface area contributed by atoms with E-state index in [9.17, 15) is 19.5 Å². The third kappa shape index (κ3) is 8.90. The molecule has 39 heavy (non-hydrogen) atoms. The van der Waals surface area contributed by atoms with Gasteiger partial charge in [0.1, 0.15) is 11.5 Å². The van der Waals surface area contributed by atoms with Crippen LogP contribution in [0.1, 0.15) is 66.9 Å². The summed E-state index contributed by atoms with van der Waals surface area (Å²) in [5.41, 5.74) is 3.51. The second-order valence-corrected chi connectivity index (χ2v) is 12.0. The number of ether oxygens (including phenoxy) is 1. The van der Waals surface area contributed by atoms with Crippen LogP contribution in [0.2, 0.25) is 0 Å². The Morgan fingerprint density at radius 1 is 0.949 bits per heavy atom. The van der Waals surface area contributed by atoms with Crippen molar-refractivity contribution >= 4 is 10.8 Å². The van der Waals surface area contributed by atoms with Crippen LogP contribution >= 0.6 is 0 Å². The van der Waals surface area contributed by atoms with E-state index in [1.165, 1.54) is 30.0 Å². The third-order valence-electron chi connectivity index (χ3n) is 7.37. The lowest BCUT2D eigenvalue weighted by Gasteiger charge is -2.14. The number of aromatic hydroxyl groups is 1. The minimum absolute atomic E-state index is 0.0313. The van der Waals surface area contributed by atoms with Crippen molar-refractivity contribution in [1.82, 2.24) is 5.32 Å². The predicted molar refractivity (Wildman–Crippen MR) is 156 cm³/mol. The van der Waals surface area contributed by atoms with Crippen molar-refractivity contribution in [3.63, 3.8) is 0 Å². The highest BCUT2D eigenvalue weighted by Gasteiger charge is 2.22. The molecule has 0 bridgehead atoms. The van der Waals surface area contributed by atoms with Gasteiger partial charge >= 0.3 is 0 Å². The normalized spacial score (nSPS) is 15.3. The van der Waals surface area contributed by atoms with Crippen LogP contribution in [0.15, 0.2) is 71.6 Å². The van der Waals surface area contributed by atoms with Crippen molar-refractivity contribution < 1.29 is 24.3 Å². The molecule has 0 amide bonds. The van der Waals surface area contributed by atoms with Crippen molar-refractivity contribution in [2.24, 2.45) is 0 Å². The number of aliphatic hydroxyl groups is 2. The fourth-order valence-corrected chi connectivity index (χ4v) is 6.65. The molecule has 1 fully saturated rings. The fourth-order valence-electron chi connectivity index (χ4n) is 5.02. The Kier molecular flexibility index (Phi) is 11.4. The summed E-state index contributed by atoms with van der Waals surface area (Å²) in [6.07, 6.45) is 7.67. The summed E-state index contributed by atoms with van der Waals surface area (Å²) in [5, 5.41) is 32.9. The molecule has 0 aliphatic heterocycles. The number of aliphatic hydroxyl groups excluding tert-OH is 2. The van der Waals surface area contributed by atoms with Crippen LogP contribution in [0, 0.1) is 0 Å². The topological polar surface area (TPSA) is 99.0 Å². The van der Waals surface area contributed by atoms with E-state index in [1.807, 2.05) is 24.3 Å². The largest absolute Gasteiger partial charge is 0.508 e. The summed E-state index contributed by atoms with van der Waals surface area (Å²) < 4.78 is 18.7. The van der Waals surface area contributed by atoms with E-state index < -0.39 is 16.9 Å². The lowest BCUT2D eigenvalue weighted by Crippen LogP contribution is -2.23. The zero-order valence-electron chi connectivity index (χ0n) is 22.6. The molecule has 0 radical (unpaired) electrons. The molecule has 0 saturated heterocycles. The van der Waals surface area contributed by atoms with Crippen LogP contribution in [-0.4, -0.2) is 44.5 Å². The number of phenols is 1. The first-order valence-electron chi connectivity index (χ1n) is 14.1. The highest BCUT2D eigenvalue weighted by molar-refractivity contribution is 7.85. The van der Waals surface area contributed by atoms with Gasteiger partial charge in [-0.25, -0.2) is 0 Å². The van der Waals surface area contributed by atoms with E-state index in [0.717, 1.165) is 55.7 Å². The Morgan fingerprint density at radius 2 is 1.74 bits per heavy atom. The summed E-state index contributed by atoms with van der Waals surface area (Å²) in [7, 11) is -0.875. The highest BCUT2D eigenvalue weighted by Crippen LogP contribution is 2.27. The molecule has 1 aliphatic rings. The summed E-state index contributed by atoms with van der Waals surface area (Å²) in [5.74, 6) is 0.895. The van der Waals surface area contributed by atoms with Gasteiger partial charge in [0.25, 0.3) is 0 Å². The highest BCUT2D eigenvalue weighted by atomic mass is 32.2. The minimum atomic E-state index is -0.875. The second kappa shape index (κ2) is 15.2. The lowest BCUT2D eigenvalue weighted by molar-refractivity contribution is 0.174. The molecule has 2 atom stereocenters. The lowest BCUT2D eigenvalue weighted by atomic mass is 10.1. The molecule has 1 saturated carbocycles. The van der Waals surface area contributed by atoms with E-state index in [2.05, 4.69) is 29.6 Å². The summed E-state index contributed by atoms with van der Waals surface area (Å²) >= 11 is 0. The Bertz CT molecular complexity index is 1190. The number of benzene rings is 3. The molecule has 210 valence electrons.